The van der Waals surface area contributed by atoms with Gasteiger partial charge in [-0.15, -0.1) is 11.3 Å². The van der Waals surface area contributed by atoms with E-state index in [1.807, 2.05) is 30.3 Å². The molecule has 0 bridgehead atoms. The molecule has 128 valence electrons. The van der Waals surface area contributed by atoms with E-state index in [1.165, 1.54) is 15.1 Å². The van der Waals surface area contributed by atoms with Gasteiger partial charge in [0.15, 0.2) is 0 Å². The van der Waals surface area contributed by atoms with E-state index in [9.17, 15) is 0 Å². The molecule has 0 unspecified atom stereocenters. The molecule has 1 heterocycles. The average Bonchev–Trinajstić information content (AvgIpc) is 2.67. The van der Waals surface area contributed by atoms with E-state index in [0.29, 0.717) is 10.0 Å². The molecule has 0 N–H and O–H groups in total. The lowest BCUT2D eigenvalue weighted by molar-refractivity contribution is 1.20. The van der Waals surface area contributed by atoms with Crippen LogP contribution in [0, 0.1) is 4.51 Å². The Morgan fingerprint density at radius 1 is 0.808 bits per heavy atom. The second-order valence-electron chi connectivity index (χ2n) is 6.03. The summed E-state index contributed by atoms with van der Waals surface area (Å²) in [6.45, 7) is 0. The number of benzene rings is 3. The number of hydrogen-bond acceptors (Lipinski definition) is 2. The van der Waals surface area contributed by atoms with Gasteiger partial charge in [0, 0.05) is 21.4 Å². The molecule has 0 amide bonds. The van der Waals surface area contributed by atoms with Crippen molar-refractivity contribution in [3.05, 3.63) is 98.5 Å². The highest BCUT2D eigenvalue weighted by atomic mass is 35.5. The van der Waals surface area contributed by atoms with Crippen molar-refractivity contribution in [3.63, 3.8) is 0 Å². The highest BCUT2D eigenvalue weighted by Crippen LogP contribution is 2.37. The maximum Gasteiger partial charge on any atom is 0.0595 e. The molecule has 0 aliphatic rings. The van der Waals surface area contributed by atoms with Crippen LogP contribution in [-0.2, 0) is 6.42 Å². The molecule has 3 aromatic carbocycles. The Morgan fingerprint density at radius 2 is 1.54 bits per heavy atom. The molecule has 26 heavy (non-hydrogen) atoms. The lowest BCUT2D eigenvalue weighted by Gasteiger charge is -2.13. The van der Waals surface area contributed by atoms with Crippen LogP contribution in [0.3, 0.4) is 0 Å². The minimum absolute atomic E-state index is 0.568. The largest absolute Gasteiger partial charge is 0.135 e. The van der Waals surface area contributed by atoms with Crippen LogP contribution in [0.25, 0.3) is 20.5 Å². The normalized spacial score (nSPS) is 11.0. The fourth-order valence-electron chi connectivity index (χ4n) is 3.02. The Labute approximate surface area is 171 Å². The molecule has 0 aliphatic heterocycles. The molecule has 0 saturated carbocycles. The van der Waals surface area contributed by atoms with Crippen LogP contribution < -0.4 is 0 Å². The molecule has 0 nitrogen and oxygen atoms in total. The van der Waals surface area contributed by atoms with Crippen molar-refractivity contribution >= 4 is 56.8 Å². The van der Waals surface area contributed by atoms with Gasteiger partial charge in [-0.3, -0.25) is 0 Å². The summed E-state index contributed by atoms with van der Waals surface area (Å²) in [6, 6.07) is 24.5. The highest BCUT2D eigenvalue weighted by Gasteiger charge is 2.13. The summed E-state index contributed by atoms with van der Waals surface area (Å²) >= 11 is 20.0. The van der Waals surface area contributed by atoms with Gasteiger partial charge in [-0.25, -0.2) is 0 Å². The zero-order chi connectivity index (χ0) is 18.1. The molecule has 4 aromatic rings. The third kappa shape index (κ3) is 3.43. The van der Waals surface area contributed by atoms with Crippen molar-refractivity contribution < 1.29 is 0 Å². The predicted octanol–water partition coefficient (Wildman–Crippen LogP) is 8.20. The van der Waals surface area contributed by atoms with Gasteiger partial charge < -0.3 is 0 Å². The molecular weight excluding hydrogens is 399 g/mol. The fourth-order valence-corrected chi connectivity index (χ4v) is 5.02. The van der Waals surface area contributed by atoms with Gasteiger partial charge in [-0.2, -0.15) is 0 Å². The van der Waals surface area contributed by atoms with Crippen molar-refractivity contribution in [3.8, 4) is 10.4 Å². The molecule has 0 fully saturated rings. The zero-order valence-electron chi connectivity index (χ0n) is 13.7. The third-order valence-electron chi connectivity index (χ3n) is 4.29. The van der Waals surface area contributed by atoms with E-state index >= 15 is 0 Å². The SMILES string of the molecule is S=c1c(Cc2ccc(Cl)c(Cl)c2)c(-c2ccccc2)sc2ccccc12. The maximum absolute atomic E-state index is 6.22. The summed E-state index contributed by atoms with van der Waals surface area (Å²) in [5, 5.41) is 2.27. The molecule has 1 aromatic heterocycles. The van der Waals surface area contributed by atoms with Crippen LogP contribution in [-0.4, -0.2) is 0 Å². The van der Waals surface area contributed by atoms with E-state index in [-0.39, 0.29) is 0 Å². The topological polar surface area (TPSA) is 0 Å². The standard InChI is InChI=1S/C22H14Cl2S2/c23-18-11-10-14(13-19(18)24)12-17-21(25)16-8-4-5-9-20(16)26-22(17)15-6-2-1-3-7-15/h1-11,13H,12H2. The van der Waals surface area contributed by atoms with Gasteiger partial charge in [-0.1, -0.05) is 90.0 Å². The zero-order valence-corrected chi connectivity index (χ0v) is 16.9. The molecular formula is C22H14Cl2S2. The van der Waals surface area contributed by atoms with Crippen LogP contribution in [0.5, 0.6) is 0 Å². The minimum atomic E-state index is 0.568. The summed E-state index contributed by atoms with van der Waals surface area (Å²) in [5.41, 5.74) is 3.45. The average molecular weight is 413 g/mol. The fraction of sp³-hybridized carbons (Fsp3) is 0.0455. The van der Waals surface area contributed by atoms with Crippen LogP contribution >= 0.6 is 46.8 Å². The number of hydrogen-bond donors (Lipinski definition) is 0. The maximum atomic E-state index is 6.22. The summed E-state index contributed by atoms with van der Waals surface area (Å²) in [7, 11) is 0. The monoisotopic (exact) mass is 412 g/mol. The van der Waals surface area contributed by atoms with Crippen LogP contribution in [0.2, 0.25) is 10.0 Å². The first-order valence-electron chi connectivity index (χ1n) is 8.17. The van der Waals surface area contributed by atoms with E-state index in [0.717, 1.165) is 27.4 Å². The second kappa shape index (κ2) is 7.50. The van der Waals surface area contributed by atoms with E-state index < -0.39 is 0 Å². The highest BCUT2D eigenvalue weighted by molar-refractivity contribution is 7.71. The molecule has 0 radical (unpaired) electrons. The van der Waals surface area contributed by atoms with Crippen LogP contribution in [0.15, 0.2) is 72.8 Å². The first-order chi connectivity index (χ1) is 12.6. The van der Waals surface area contributed by atoms with Gasteiger partial charge >= 0.3 is 0 Å². The molecule has 0 atom stereocenters. The van der Waals surface area contributed by atoms with Crippen molar-refractivity contribution in [2.45, 2.75) is 6.42 Å². The second-order valence-corrected chi connectivity index (χ2v) is 8.30. The molecule has 0 aliphatic carbocycles. The van der Waals surface area contributed by atoms with Crippen molar-refractivity contribution in [2.24, 2.45) is 0 Å². The Bertz CT molecular complexity index is 1150. The van der Waals surface area contributed by atoms with Gasteiger partial charge in [0.05, 0.1) is 14.6 Å². The molecule has 4 heteroatoms. The quantitative estimate of drug-likeness (QED) is 0.305. The molecule has 0 saturated heterocycles. The van der Waals surface area contributed by atoms with E-state index in [2.05, 4.69) is 42.5 Å². The molecule has 4 rings (SSSR count). The van der Waals surface area contributed by atoms with Crippen molar-refractivity contribution in [1.29, 1.82) is 0 Å². The smallest absolute Gasteiger partial charge is 0.0595 e. The number of halogens is 2. The third-order valence-corrected chi connectivity index (χ3v) is 6.76. The Kier molecular flexibility index (Phi) is 5.10. The minimum Gasteiger partial charge on any atom is -0.135 e. The molecule has 0 spiro atoms. The van der Waals surface area contributed by atoms with Gasteiger partial charge in [0.2, 0.25) is 0 Å². The summed E-state index contributed by atoms with van der Waals surface area (Å²) in [6.07, 6.45) is 0.723. The first kappa shape index (κ1) is 17.7. The Balaban J connectivity index is 1.95. The lowest BCUT2D eigenvalue weighted by Crippen LogP contribution is -1.94. The number of rotatable bonds is 3. The van der Waals surface area contributed by atoms with Crippen molar-refractivity contribution in [1.82, 2.24) is 0 Å². The van der Waals surface area contributed by atoms with Gasteiger partial charge in [-0.05, 0) is 34.9 Å². The van der Waals surface area contributed by atoms with Gasteiger partial charge in [0.25, 0.3) is 0 Å². The summed E-state index contributed by atoms with van der Waals surface area (Å²) in [4.78, 5) is 1.21. The Hall–Kier alpha value is -1.71. The van der Waals surface area contributed by atoms with Gasteiger partial charge in [0.1, 0.15) is 0 Å². The van der Waals surface area contributed by atoms with E-state index in [4.69, 9.17) is 35.4 Å². The summed E-state index contributed by atoms with van der Waals surface area (Å²) in [5.74, 6) is 0. The van der Waals surface area contributed by atoms with E-state index in [1.54, 1.807) is 11.3 Å². The first-order valence-corrected chi connectivity index (χ1v) is 10.2. The van der Waals surface area contributed by atoms with Crippen LogP contribution in [0.4, 0.5) is 0 Å². The predicted molar refractivity (Wildman–Crippen MR) is 117 cm³/mol. The van der Waals surface area contributed by atoms with Crippen LogP contribution in [0.1, 0.15) is 11.1 Å². The lowest BCUT2D eigenvalue weighted by atomic mass is 10.0. The number of fused-ring (bicyclic) bond motifs is 1. The van der Waals surface area contributed by atoms with Crippen molar-refractivity contribution in [2.75, 3.05) is 0 Å². The summed E-state index contributed by atoms with van der Waals surface area (Å²) < 4.78 is 2.11. The Morgan fingerprint density at radius 3 is 2.31 bits per heavy atom.